The van der Waals surface area contributed by atoms with Crippen molar-refractivity contribution in [1.29, 1.82) is 0 Å². The van der Waals surface area contributed by atoms with Crippen LogP contribution in [-0.2, 0) is 16.9 Å². The van der Waals surface area contributed by atoms with Gasteiger partial charge in [-0.05, 0) is 32.7 Å². The minimum absolute atomic E-state index is 0.402. The Morgan fingerprint density at radius 2 is 1.94 bits per heavy atom. The van der Waals surface area contributed by atoms with E-state index in [1.165, 1.54) is 0 Å². The van der Waals surface area contributed by atoms with Crippen LogP contribution in [0.2, 0.25) is 0 Å². The summed E-state index contributed by atoms with van der Waals surface area (Å²) in [5.74, 6) is 1.30. The molecule has 0 atom stereocenters. The van der Waals surface area contributed by atoms with Gasteiger partial charge in [-0.15, -0.1) is 0 Å². The van der Waals surface area contributed by atoms with Gasteiger partial charge in [-0.3, -0.25) is 0 Å². The SMILES string of the molecule is CCCNCc1nc(C(CC)(CC)OCC)no1. The van der Waals surface area contributed by atoms with E-state index in [-0.39, 0.29) is 0 Å². The smallest absolute Gasteiger partial charge is 0.240 e. The number of aromatic nitrogens is 2. The van der Waals surface area contributed by atoms with Crippen molar-refractivity contribution in [2.75, 3.05) is 13.2 Å². The first-order chi connectivity index (χ1) is 8.72. The predicted octanol–water partition coefficient (Wildman–Crippen LogP) is 2.62. The van der Waals surface area contributed by atoms with E-state index in [0.29, 0.717) is 24.9 Å². The molecule has 18 heavy (non-hydrogen) atoms. The van der Waals surface area contributed by atoms with Crippen molar-refractivity contribution in [1.82, 2.24) is 15.5 Å². The molecule has 0 saturated carbocycles. The zero-order valence-electron chi connectivity index (χ0n) is 12.0. The molecule has 0 aliphatic heterocycles. The molecule has 0 spiro atoms. The lowest BCUT2D eigenvalue weighted by atomic mass is 9.96. The maximum absolute atomic E-state index is 5.85. The minimum atomic E-state index is -0.402. The first-order valence-electron chi connectivity index (χ1n) is 6.90. The zero-order chi connectivity index (χ0) is 13.4. The van der Waals surface area contributed by atoms with Crippen LogP contribution in [0.3, 0.4) is 0 Å². The van der Waals surface area contributed by atoms with Crippen molar-refractivity contribution in [3.05, 3.63) is 11.7 Å². The van der Waals surface area contributed by atoms with Crippen LogP contribution in [0.1, 0.15) is 58.7 Å². The molecule has 0 saturated heterocycles. The number of nitrogens with zero attached hydrogens (tertiary/aromatic N) is 2. The van der Waals surface area contributed by atoms with Gasteiger partial charge in [-0.25, -0.2) is 0 Å². The van der Waals surface area contributed by atoms with E-state index in [9.17, 15) is 0 Å². The monoisotopic (exact) mass is 255 g/mol. The van der Waals surface area contributed by atoms with Crippen molar-refractivity contribution in [2.24, 2.45) is 0 Å². The molecule has 0 unspecified atom stereocenters. The quantitative estimate of drug-likeness (QED) is 0.687. The first-order valence-corrected chi connectivity index (χ1v) is 6.90. The average Bonchev–Trinajstić information content (AvgIpc) is 2.86. The van der Waals surface area contributed by atoms with E-state index in [4.69, 9.17) is 9.26 Å². The van der Waals surface area contributed by atoms with Crippen LogP contribution in [-0.4, -0.2) is 23.3 Å². The van der Waals surface area contributed by atoms with Gasteiger partial charge < -0.3 is 14.6 Å². The Hall–Kier alpha value is -0.940. The van der Waals surface area contributed by atoms with Gasteiger partial charge in [0.15, 0.2) is 0 Å². The van der Waals surface area contributed by atoms with Gasteiger partial charge in [0.25, 0.3) is 0 Å². The van der Waals surface area contributed by atoms with Gasteiger partial charge in [0.1, 0.15) is 5.60 Å². The molecular weight excluding hydrogens is 230 g/mol. The van der Waals surface area contributed by atoms with Gasteiger partial charge in [0.2, 0.25) is 11.7 Å². The molecule has 0 radical (unpaired) electrons. The number of hydrogen-bond acceptors (Lipinski definition) is 5. The predicted molar refractivity (Wildman–Crippen MR) is 70.2 cm³/mol. The Morgan fingerprint density at radius 3 is 2.50 bits per heavy atom. The number of rotatable bonds is 9. The maximum Gasteiger partial charge on any atom is 0.240 e. The lowest BCUT2D eigenvalue weighted by Gasteiger charge is -2.27. The summed E-state index contributed by atoms with van der Waals surface area (Å²) in [6, 6.07) is 0. The van der Waals surface area contributed by atoms with Crippen molar-refractivity contribution in [2.45, 2.75) is 59.1 Å². The van der Waals surface area contributed by atoms with Crippen LogP contribution >= 0.6 is 0 Å². The number of nitrogens with one attached hydrogen (secondary N) is 1. The van der Waals surface area contributed by atoms with Crippen molar-refractivity contribution < 1.29 is 9.26 Å². The van der Waals surface area contributed by atoms with Gasteiger partial charge in [0.05, 0.1) is 6.54 Å². The lowest BCUT2D eigenvalue weighted by Crippen LogP contribution is -2.30. The third kappa shape index (κ3) is 3.53. The normalized spacial score (nSPS) is 12.0. The van der Waals surface area contributed by atoms with Gasteiger partial charge in [-0.1, -0.05) is 25.9 Å². The highest BCUT2D eigenvalue weighted by atomic mass is 16.5. The molecule has 0 aliphatic rings. The van der Waals surface area contributed by atoms with Crippen LogP contribution in [0.25, 0.3) is 0 Å². The molecular formula is C13H25N3O2. The first kappa shape index (κ1) is 15.1. The second-order valence-corrected chi connectivity index (χ2v) is 4.32. The van der Waals surface area contributed by atoms with E-state index >= 15 is 0 Å². The summed E-state index contributed by atoms with van der Waals surface area (Å²) in [4.78, 5) is 4.45. The summed E-state index contributed by atoms with van der Waals surface area (Å²) < 4.78 is 11.1. The van der Waals surface area contributed by atoms with E-state index in [0.717, 1.165) is 25.8 Å². The van der Waals surface area contributed by atoms with Crippen LogP contribution in [0.5, 0.6) is 0 Å². The molecule has 0 fully saturated rings. The third-order valence-corrected chi connectivity index (χ3v) is 3.14. The van der Waals surface area contributed by atoms with Crippen LogP contribution in [0.15, 0.2) is 4.52 Å². The van der Waals surface area contributed by atoms with Crippen LogP contribution in [0.4, 0.5) is 0 Å². The molecule has 0 aromatic carbocycles. The van der Waals surface area contributed by atoms with E-state index in [1.807, 2.05) is 6.92 Å². The summed E-state index contributed by atoms with van der Waals surface area (Å²) in [6.07, 6.45) is 2.78. The number of hydrogen-bond donors (Lipinski definition) is 1. The molecule has 1 aromatic rings. The highest BCUT2D eigenvalue weighted by Gasteiger charge is 2.34. The summed E-state index contributed by atoms with van der Waals surface area (Å²) >= 11 is 0. The molecule has 0 bridgehead atoms. The summed E-state index contributed by atoms with van der Waals surface area (Å²) in [5, 5.41) is 7.32. The molecule has 1 heterocycles. The molecule has 1 N–H and O–H groups in total. The van der Waals surface area contributed by atoms with Crippen LogP contribution < -0.4 is 5.32 Å². The summed E-state index contributed by atoms with van der Waals surface area (Å²) in [7, 11) is 0. The molecule has 0 aliphatic carbocycles. The second kappa shape index (κ2) is 7.48. The van der Waals surface area contributed by atoms with Crippen molar-refractivity contribution in [3.63, 3.8) is 0 Å². The number of ether oxygens (including phenoxy) is 1. The van der Waals surface area contributed by atoms with E-state index < -0.39 is 5.60 Å². The fraction of sp³-hybridized carbons (Fsp3) is 0.846. The Balaban J connectivity index is 2.74. The summed E-state index contributed by atoms with van der Waals surface area (Å²) in [5.41, 5.74) is -0.402. The standard InChI is InChI=1S/C13H25N3O2/c1-5-9-14-10-11-15-12(16-18-11)13(6-2,7-3)17-8-4/h14H,5-10H2,1-4H3. The van der Waals surface area contributed by atoms with Gasteiger partial charge >= 0.3 is 0 Å². The van der Waals surface area contributed by atoms with Crippen molar-refractivity contribution >= 4 is 0 Å². The minimum Gasteiger partial charge on any atom is -0.367 e. The Bertz CT molecular complexity index is 335. The molecule has 104 valence electrons. The van der Waals surface area contributed by atoms with Gasteiger partial charge in [0, 0.05) is 6.61 Å². The molecule has 1 rings (SSSR count). The lowest BCUT2D eigenvalue weighted by molar-refractivity contribution is -0.0583. The fourth-order valence-electron chi connectivity index (χ4n) is 2.00. The molecule has 0 amide bonds. The van der Waals surface area contributed by atoms with E-state index in [1.54, 1.807) is 0 Å². The Labute approximate surface area is 109 Å². The third-order valence-electron chi connectivity index (χ3n) is 3.14. The van der Waals surface area contributed by atoms with Gasteiger partial charge in [-0.2, -0.15) is 4.98 Å². The second-order valence-electron chi connectivity index (χ2n) is 4.32. The van der Waals surface area contributed by atoms with Crippen LogP contribution in [0, 0.1) is 0 Å². The van der Waals surface area contributed by atoms with Crippen molar-refractivity contribution in [3.8, 4) is 0 Å². The maximum atomic E-state index is 5.85. The van der Waals surface area contributed by atoms with E-state index in [2.05, 4.69) is 36.2 Å². The fourth-order valence-corrected chi connectivity index (χ4v) is 2.00. The average molecular weight is 255 g/mol. The Kier molecular flexibility index (Phi) is 6.29. The molecule has 5 heteroatoms. The molecule has 1 aromatic heterocycles. The summed E-state index contributed by atoms with van der Waals surface area (Å²) in [6.45, 7) is 10.5. The topological polar surface area (TPSA) is 60.2 Å². The highest BCUT2D eigenvalue weighted by molar-refractivity contribution is 5.01. The Morgan fingerprint density at radius 1 is 1.22 bits per heavy atom. The zero-order valence-corrected chi connectivity index (χ0v) is 12.0. The highest BCUT2D eigenvalue weighted by Crippen LogP contribution is 2.30. The largest absolute Gasteiger partial charge is 0.367 e. The molecule has 5 nitrogen and oxygen atoms in total.